The van der Waals surface area contributed by atoms with Crippen LogP contribution in [-0.4, -0.2) is 5.91 Å². The van der Waals surface area contributed by atoms with E-state index in [1.54, 1.807) is 36.4 Å². The number of carbonyl (C=O) groups is 1. The fourth-order valence-electron chi connectivity index (χ4n) is 3.21. The van der Waals surface area contributed by atoms with Crippen LogP contribution >= 0.6 is 0 Å². The normalized spacial score (nSPS) is 11.7. The van der Waals surface area contributed by atoms with Gasteiger partial charge < -0.3 is 15.9 Å². The molecule has 0 fully saturated rings. The van der Waals surface area contributed by atoms with Crippen molar-refractivity contribution in [1.82, 2.24) is 0 Å². The van der Waals surface area contributed by atoms with E-state index in [1.165, 1.54) is 6.07 Å². The Kier molecular flexibility index (Phi) is 4.30. The van der Waals surface area contributed by atoms with Crippen molar-refractivity contribution in [3.63, 3.8) is 0 Å². The second-order valence-corrected chi connectivity index (χ2v) is 6.58. The van der Waals surface area contributed by atoms with E-state index < -0.39 is 17.6 Å². The summed E-state index contributed by atoms with van der Waals surface area (Å²) in [5.41, 5.74) is 13.9. The van der Waals surface area contributed by atoms with Gasteiger partial charge in [0.2, 0.25) is 5.76 Å². The second kappa shape index (κ2) is 6.70. The first kappa shape index (κ1) is 18.6. The van der Waals surface area contributed by atoms with Crippen molar-refractivity contribution in [2.24, 2.45) is 5.73 Å². The maximum Gasteiger partial charge on any atom is 0.416 e. The molecular weight excluding hydrogens is 381 g/mol. The minimum atomic E-state index is -4.39. The summed E-state index contributed by atoms with van der Waals surface area (Å²) < 4.78 is 44.2. The molecule has 0 unspecified atom stereocenters. The molecule has 0 aliphatic heterocycles. The van der Waals surface area contributed by atoms with E-state index in [2.05, 4.69) is 0 Å². The van der Waals surface area contributed by atoms with E-state index in [9.17, 15) is 18.0 Å². The summed E-state index contributed by atoms with van der Waals surface area (Å²) in [6, 6.07) is 17.6. The summed E-state index contributed by atoms with van der Waals surface area (Å²) in [6.07, 6.45) is -4.39. The number of amides is 1. The summed E-state index contributed by atoms with van der Waals surface area (Å²) >= 11 is 0. The fraction of sp³-hybridized carbons (Fsp3) is 0.0455. The van der Waals surface area contributed by atoms with Crippen molar-refractivity contribution in [2.45, 2.75) is 6.18 Å². The number of halogens is 3. The molecule has 4 aromatic rings. The average molecular weight is 396 g/mol. The van der Waals surface area contributed by atoms with Gasteiger partial charge in [0.05, 0.1) is 11.3 Å². The molecule has 4 nitrogen and oxygen atoms in total. The van der Waals surface area contributed by atoms with Crippen molar-refractivity contribution >= 4 is 22.6 Å². The number of nitrogens with two attached hydrogens (primary N) is 2. The van der Waals surface area contributed by atoms with Gasteiger partial charge in [-0.3, -0.25) is 4.79 Å². The lowest BCUT2D eigenvalue weighted by molar-refractivity contribution is -0.137. The lowest BCUT2D eigenvalue weighted by Gasteiger charge is -2.09. The number of nitrogen functional groups attached to an aromatic ring is 1. The Morgan fingerprint density at radius 2 is 1.41 bits per heavy atom. The molecule has 0 atom stereocenters. The summed E-state index contributed by atoms with van der Waals surface area (Å²) in [7, 11) is 0. The summed E-state index contributed by atoms with van der Waals surface area (Å²) in [4.78, 5) is 11.4. The van der Waals surface area contributed by atoms with Gasteiger partial charge in [0.25, 0.3) is 5.91 Å². The first-order valence-corrected chi connectivity index (χ1v) is 8.64. The quantitative estimate of drug-likeness (QED) is 0.482. The van der Waals surface area contributed by atoms with Crippen molar-refractivity contribution in [1.29, 1.82) is 0 Å². The molecule has 0 radical (unpaired) electrons. The molecule has 1 aromatic heterocycles. The molecule has 146 valence electrons. The highest BCUT2D eigenvalue weighted by Crippen LogP contribution is 2.34. The average Bonchev–Trinajstić information content (AvgIpc) is 3.04. The van der Waals surface area contributed by atoms with Gasteiger partial charge in [-0.2, -0.15) is 13.2 Å². The Bertz CT molecular complexity index is 1230. The number of fused-ring (bicyclic) bond motifs is 1. The van der Waals surface area contributed by atoms with Crippen LogP contribution in [0.5, 0.6) is 0 Å². The molecule has 0 saturated carbocycles. The van der Waals surface area contributed by atoms with E-state index in [-0.39, 0.29) is 11.4 Å². The summed E-state index contributed by atoms with van der Waals surface area (Å²) in [6.45, 7) is 0. The lowest BCUT2D eigenvalue weighted by Crippen LogP contribution is -2.11. The Morgan fingerprint density at radius 3 is 2.00 bits per heavy atom. The van der Waals surface area contributed by atoms with Crippen molar-refractivity contribution in [3.05, 3.63) is 78.1 Å². The maximum absolute atomic E-state index is 12.9. The highest BCUT2D eigenvalue weighted by Gasteiger charge is 2.30. The van der Waals surface area contributed by atoms with Gasteiger partial charge in [0, 0.05) is 5.39 Å². The maximum atomic E-state index is 12.9. The van der Waals surface area contributed by atoms with Crippen LogP contribution in [0.25, 0.3) is 33.2 Å². The van der Waals surface area contributed by atoms with Crippen LogP contribution < -0.4 is 11.5 Å². The van der Waals surface area contributed by atoms with Crippen LogP contribution in [0.4, 0.5) is 18.9 Å². The number of rotatable bonds is 3. The van der Waals surface area contributed by atoms with Crippen LogP contribution in [0.15, 0.2) is 71.1 Å². The van der Waals surface area contributed by atoms with Gasteiger partial charge in [-0.25, -0.2) is 0 Å². The first-order chi connectivity index (χ1) is 13.7. The summed E-state index contributed by atoms with van der Waals surface area (Å²) in [5.74, 6) is -0.831. The fourth-order valence-corrected chi connectivity index (χ4v) is 3.21. The first-order valence-electron chi connectivity index (χ1n) is 8.64. The Hall–Kier alpha value is -3.74. The van der Waals surface area contributed by atoms with Gasteiger partial charge in [0.1, 0.15) is 5.58 Å². The molecule has 29 heavy (non-hydrogen) atoms. The SMILES string of the molecule is NC(=O)c1oc2ccc(-c3ccc(-c4cccc(C(F)(F)F)c4)cc3)cc2c1N. The van der Waals surface area contributed by atoms with Gasteiger partial charge in [-0.1, -0.05) is 42.5 Å². The minimum Gasteiger partial charge on any atom is -0.449 e. The monoisotopic (exact) mass is 396 g/mol. The number of anilines is 1. The number of hydrogen-bond donors (Lipinski definition) is 2. The molecule has 0 bridgehead atoms. The highest BCUT2D eigenvalue weighted by molar-refractivity contribution is 6.05. The Morgan fingerprint density at radius 1 is 0.828 bits per heavy atom. The van der Waals surface area contributed by atoms with Crippen LogP contribution in [-0.2, 0) is 6.18 Å². The highest BCUT2D eigenvalue weighted by atomic mass is 19.4. The number of furan rings is 1. The zero-order valence-corrected chi connectivity index (χ0v) is 15.0. The Labute approximate surface area is 163 Å². The van der Waals surface area contributed by atoms with Gasteiger partial charge in [0.15, 0.2) is 0 Å². The molecule has 4 N–H and O–H groups in total. The van der Waals surface area contributed by atoms with Gasteiger partial charge in [-0.05, 0) is 46.5 Å². The smallest absolute Gasteiger partial charge is 0.416 e. The van der Waals surface area contributed by atoms with Crippen LogP contribution in [0.3, 0.4) is 0 Å². The number of benzene rings is 3. The van der Waals surface area contributed by atoms with E-state index in [0.29, 0.717) is 22.1 Å². The van der Waals surface area contributed by atoms with Crippen LogP contribution in [0.2, 0.25) is 0 Å². The predicted octanol–water partition coefficient (Wildman–Crippen LogP) is 5.47. The van der Waals surface area contributed by atoms with Crippen molar-refractivity contribution in [3.8, 4) is 22.3 Å². The third-order valence-corrected chi connectivity index (χ3v) is 4.69. The van der Waals surface area contributed by atoms with Gasteiger partial charge >= 0.3 is 6.18 Å². The van der Waals surface area contributed by atoms with E-state index in [4.69, 9.17) is 15.9 Å². The van der Waals surface area contributed by atoms with E-state index in [0.717, 1.165) is 23.3 Å². The third kappa shape index (κ3) is 3.42. The van der Waals surface area contributed by atoms with Crippen LogP contribution in [0.1, 0.15) is 16.1 Å². The van der Waals surface area contributed by atoms with Gasteiger partial charge in [-0.15, -0.1) is 0 Å². The third-order valence-electron chi connectivity index (χ3n) is 4.69. The van der Waals surface area contributed by atoms with E-state index in [1.807, 2.05) is 12.1 Å². The molecule has 0 aliphatic carbocycles. The number of carbonyl (C=O) groups excluding carboxylic acids is 1. The molecule has 0 spiro atoms. The number of primary amides is 1. The molecule has 1 heterocycles. The molecule has 7 heteroatoms. The molecular formula is C22H15F3N2O2. The number of hydrogen-bond acceptors (Lipinski definition) is 3. The largest absolute Gasteiger partial charge is 0.449 e. The topological polar surface area (TPSA) is 82.2 Å². The zero-order valence-electron chi connectivity index (χ0n) is 15.0. The molecule has 1 amide bonds. The zero-order chi connectivity index (χ0) is 20.8. The minimum absolute atomic E-state index is 0.0861. The Balaban J connectivity index is 1.70. The van der Waals surface area contributed by atoms with Crippen molar-refractivity contribution in [2.75, 3.05) is 5.73 Å². The molecule has 0 aliphatic rings. The summed E-state index contributed by atoms with van der Waals surface area (Å²) in [5, 5.41) is 0.568. The molecule has 3 aromatic carbocycles. The predicted molar refractivity (Wildman–Crippen MR) is 105 cm³/mol. The second-order valence-electron chi connectivity index (χ2n) is 6.58. The number of alkyl halides is 3. The standard InChI is InChI=1S/C22H15F3N2O2/c23-22(24,25)16-3-1-2-14(10-16)12-4-6-13(7-5-12)15-8-9-18-17(11-15)19(26)20(29-18)21(27)28/h1-11H,26H2,(H2,27,28). The van der Waals surface area contributed by atoms with Crippen molar-refractivity contribution < 1.29 is 22.4 Å². The lowest BCUT2D eigenvalue weighted by atomic mass is 9.98. The van der Waals surface area contributed by atoms with E-state index >= 15 is 0 Å². The molecule has 0 saturated heterocycles. The molecule has 4 rings (SSSR count). The van der Waals surface area contributed by atoms with Crippen LogP contribution in [0, 0.1) is 0 Å².